The fraction of sp³-hybridized carbons (Fsp3) is 0.600. The molecule has 234 valence electrons. The van der Waals surface area contributed by atoms with Crippen molar-refractivity contribution in [2.45, 2.75) is 90.5 Å². The highest BCUT2D eigenvalue weighted by molar-refractivity contribution is 9.10. The maximum Gasteiger partial charge on any atom is 0.410 e. The standard InChI is InChI=1S/C30H46BrN3O6SSi/c1-22-12-13-27(31)32-28(22)39-20-24-11-9-10-23(18-24)19-26-25(14-15-33(26)29(35)40-30(2,3)4)34(41(5,36)37)21-38-16-17-42(6,7)8/h9-13,18,25-26H,14-17,19-21H2,1-8H3/t25-,26-/m0/s1. The highest BCUT2D eigenvalue weighted by Crippen LogP contribution is 2.30. The molecule has 2 atom stereocenters. The van der Waals surface area contributed by atoms with Crippen LogP contribution in [0.3, 0.4) is 0 Å². The number of benzene rings is 1. The minimum Gasteiger partial charge on any atom is -0.473 e. The van der Waals surface area contributed by atoms with Crippen LogP contribution in [0.4, 0.5) is 4.79 Å². The second kappa shape index (κ2) is 14.2. The van der Waals surface area contributed by atoms with Gasteiger partial charge in [0, 0.05) is 32.8 Å². The topological polar surface area (TPSA) is 98.3 Å². The average molecular weight is 685 g/mol. The zero-order valence-corrected chi connectivity index (χ0v) is 29.5. The number of pyridine rings is 1. The lowest BCUT2D eigenvalue weighted by Crippen LogP contribution is -2.51. The van der Waals surface area contributed by atoms with Crippen molar-refractivity contribution in [3.8, 4) is 5.88 Å². The summed E-state index contributed by atoms with van der Waals surface area (Å²) < 4.78 is 45.8. The van der Waals surface area contributed by atoms with Gasteiger partial charge in [-0.15, -0.1) is 0 Å². The van der Waals surface area contributed by atoms with Crippen molar-refractivity contribution in [3.63, 3.8) is 0 Å². The Kier molecular flexibility index (Phi) is 11.7. The van der Waals surface area contributed by atoms with E-state index in [1.165, 1.54) is 10.6 Å². The Labute approximate surface area is 261 Å². The predicted octanol–water partition coefficient (Wildman–Crippen LogP) is 6.23. The number of hydrogen-bond donors (Lipinski definition) is 0. The first-order valence-corrected chi connectivity index (χ1v) is 20.7. The molecule has 0 N–H and O–H groups in total. The molecule has 42 heavy (non-hydrogen) atoms. The van der Waals surface area contributed by atoms with Gasteiger partial charge in [0.05, 0.1) is 12.3 Å². The molecule has 2 aromatic rings. The molecule has 0 aliphatic carbocycles. The van der Waals surface area contributed by atoms with E-state index in [1.807, 2.05) is 64.1 Å². The van der Waals surface area contributed by atoms with Crippen molar-refractivity contribution >= 4 is 40.1 Å². The molecule has 1 fully saturated rings. The third-order valence-electron chi connectivity index (χ3n) is 6.98. The van der Waals surface area contributed by atoms with Crippen LogP contribution in [0, 0.1) is 6.92 Å². The Morgan fingerprint density at radius 3 is 2.50 bits per heavy atom. The number of nitrogens with zero attached hydrogens (tertiary/aromatic N) is 3. The molecule has 0 bridgehead atoms. The maximum absolute atomic E-state index is 13.3. The van der Waals surface area contributed by atoms with Gasteiger partial charge < -0.3 is 19.1 Å². The summed E-state index contributed by atoms with van der Waals surface area (Å²) in [7, 11) is -4.96. The van der Waals surface area contributed by atoms with E-state index in [4.69, 9.17) is 14.2 Å². The lowest BCUT2D eigenvalue weighted by molar-refractivity contribution is 0.0153. The quantitative estimate of drug-likeness (QED) is 0.113. The van der Waals surface area contributed by atoms with Gasteiger partial charge in [0.15, 0.2) is 0 Å². The number of ether oxygens (including phenoxy) is 3. The van der Waals surface area contributed by atoms with Crippen LogP contribution in [-0.2, 0) is 32.5 Å². The van der Waals surface area contributed by atoms with E-state index < -0.39 is 41.9 Å². The van der Waals surface area contributed by atoms with Crippen molar-refractivity contribution in [1.29, 1.82) is 0 Å². The van der Waals surface area contributed by atoms with Gasteiger partial charge in [0.1, 0.15) is 23.5 Å². The molecule has 12 heteroatoms. The highest BCUT2D eigenvalue weighted by atomic mass is 79.9. The Bertz CT molecular complexity index is 1330. The molecule has 0 unspecified atom stereocenters. The number of halogens is 1. The minimum absolute atomic E-state index is 0.0422. The number of aromatic nitrogens is 1. The minimum atomic E-state index is -3.62. The lowest BCUT2D eigenvalue weighted by atomic mass is 9.99. The van der Waals surface area contributed by atoms with Gasteiger partial charge in [0.2, 0.25) is 15.9 Å². The number of aryl methyl sites for hydroxylation is 1. The summed E-state index contributed by atoms with van der Waals surface area (Å²) in [5.41, 5.74) is 2.17. The first-order valence-electron chi connectivity index (χ1n) is 14.3. The fourth-order valence-corrected chi connectivity index (χ4v) is 6.86. The summed E-state index contributed by atoms with van der Waals surface area (Å²) in [6, 6.07) is 11.8. The molecule has 9 nitrogen and oxygen atoms in total. The fourth-order valence-electron chi connectivity index (χ4n) is 4.81. The van der Waals surface area contributed by atoms with E-state index in [2.05, 4.69) is 40.6 Å². The molecule has 0 radical (unpaired) electrons. The molecular weight excluding hydrogens is 638 g/mol. The van der Waals surface area contributed by atoms with Gasteiger partial charge in [0.25, 0.3) is 0 Å². The third-order valence-corrected chi connectivity index (χ3v) is 10.4. The van der Waals surface area contributed by atoms with Gasteiger partial charge in [-0.25, -0.2) is 18.2 Å². The van der Waals surface area contributed by atoms with Gasteiger partial charge >= 0.3 is 6.09 Å². The molecule has 1 amide bonds. The van der Waals surface area contributed by atoms with E-state index in [9.17, 15) is 13.2 Å². The summed E-state index contributed by atoms with van der Waals surface area (Å²) in [5, 5.41) is 0. The van der Waals surface area contributed by atoms with E-state index in [1.54, 1.807) is 4.90 Å². The Morgan fingerprint density at radius 2 is 1.86 bits per heavy atom. The normalized spacial score (nSPS) is 18.0. The Hall–Kier alpha value is -1.99. The van der Waals surface area contributed by atoms with E-state index >= 15 is 0 Å². The summed E-state index contributed by atoms with van der Waals surface area (Å²) in [5.74, 6) is 0.555. The molecule has 1 aliphatic rings. The number of carbonyl (C=O) groups is 1. The second-order valence-corrected chi connectivity index (χ2v) is 21.5. The first kappa shape index (κ1) is 34.5. The van der Waals surface area contributed by atoms with Crippen molar-refractivity contribution in [1.82, 2.24) is 14.2 Å². The predicted molar refractivity (Wildman–Crippen MR) is 172 cm³/mol. The largest absolute Gasteiger partial charge is 0.473 e. The SMILES string of the molecule is Cc1ccc(Br)nc1OCc1cccc(C[C@H]2[C@@H](N(COCC[Si](C)(C)C)S(C)(=O)=O)CCN2C(=O)OC(C)(C)C)c1. The van der Waals surface area contributed by atoms with Crippen molar-refractivity contribution in [2.75, 3.05) is 26.1 Å². The molecule has 1 saturated heterocycles. The first-order chi connectivity index (χ1) is 19.4. The van der Waals surface area contributed by atoms with E-state index in [-0.39, 0.29) is 6.73 Å². The molecule has 1 aromatic heterocycles. The van der Waals surface area contributed by atoms with Crippen LogP contribution in [0.25, 0.3) is 0 Å². The van der Waals surface area contributed by atoms with Crippen molar-refractivity contribution in [2.24, 2.45) is 0 Å². The summed E-state index contributed by atoms with van der Waals surface area (Å²) >= 11 is 3.39. The van der Waals surface area contributed by atoms with Gasteiger partial charge in [-0.2, -0.15) is 4.31 Å². The van der Waals surface area contributed by atoms with Gasteiger partial charge in [-0.1, -0.05) is 50.0 Å². The lowest BCUT2D eigenvalue weighted by Gasteiger charge is -2.35. The third kappa shape index (κ3) is 10.6. The number of hydrogen-bond acceptors (Lipinski definition) is 7. The van der Waals surface area contributed by atoms with E-state index in [0.29, 0.717) is 43.1 Å². The van der Waals surface area contributed by atoms with Crippen LogP contribution in [-0.4, -0.2) is 80.6 Å². The number of sulfonamides is 1. The molecule has 1 aliphatic heterocycles. The van der Waals surface area contributed by atoms with Crippen molar-refractivity contribution < 1.29 is 27.4 Å². The number of likely N-dealkylation sites (tertiary alicyclic amines) is 1. The van der Waals surface area contributed by atoms with Crippen LogP contribution < -0.4 is 4.74 Å². The summed E-state index contributed by atoms with van der Waals surface area (Å²) in [6.45, 7) is 15.4. The van der Waals surface area contributed by atoms with E-state index in [0.717, 1.165) is 22.7 Å². The Morgan fingerprint density at radius 1 is 1.17 bits per heavy atom. The highest BCUT2D eigenvalue weighted by Gasteiger charge is 2.44. The number of rotatable bonds is 12. The zero-order chi connectivity index (χ0) is 31.3. The number of amides is 1. The molecule has 0 saturated carbocycles. The van der Waals surface area contributed by atoms with Crippen LogP contribution in [0.15, 0.2) is 41.0 Å². The average Bonchev–Trinajstić information content (AvgIpc) is 3.25. The van der Waals surface area contributed by atoms with Crippen LogP contribution in [0.2, 0.25) is 25.7 Å². The van der Waals surface area contributed by atoms with Crippen LogP contribution >= 0.6 is 15.9 Å². The molecule has 2 heterocycles. The summed E-state index contributed by atoms with van der Waals surface area (Å²) in [6.07, 6.45) is 1.70. The smallest absolute Gasteiger partial charge is 0.410 e. The summed E-state index contributed by atoms with van der Waals surface area (Å²) in [4.78, 5) is 19.4. The molecule has 1 aromatic carbocycles. The van der Waals surface area contributed by atoms with Gasteiger partial charge in [-0.3, -0.25) is 0 Å². The zero-order valence-electron chi connectivity index (χ0n) is 26.1. The Balaban J connectivity index is 1.84. The van der Waals surface area contributed by atoms with Crippen molar-refractivity contribution in [3.05, 3.63) is 57.7 Å². The monoisotopic (exact) mass is 683 g/mol. The number of carbonyl (C=O) groups excluding carboxylic acids is 1. The molecule has 3 rings (SSSR count). The maximum atomic E-state index is 13.3. The van der Waals surface area contributed by atoms with Gasteiger partial charge in [-0.05, 0) is 79.7 Å². The second-order valence-electron chi connectivity index (χ2n) is 13.2. The molecular formula is C30H46BrN3O6SSi. The molecule has 0 spiro atoms. The van der Waals surface area contributed by atoms with Crippen LogP contribution in [0.1, 0.15) is 43.9 Å². The van der Waals surface area contributed by atoms with Crippen LogP contribution in [0.5, 0.6) is 5.88 Å².